The van der Waals surface area contributed by atoms with Crippen molar-refractivity contribution in [2.24, 2.45) is 18.4 Å². The van der Waals surface area contributed by atoms with Crippen LogP contribution in [0.1, 0.15) is 54.5 Å². The van der Waals surface area contributed by atoms with Crippen LogP contribution in [0.3, 0.4) is 0 Å². The molecule has 1 N–H and O–H groups in total. The molecule has 0 saturated heterocycles. The maximum Gasteiger partial charge on any atom is 0.438 e. The van der Waals surface area contributed by atoms with Crippen LogP contribution in [0.4, 0.5) is 0 Å². The summed E-state index contributed by atoms with van der Waals surface area (Å²) in [6.45, 7) is 6.73. The highest BCUT2D eigenvalue weighted by molar-refractivity contribution is 8.00. The van der Waals surface area contributed by atoms with Gasteiger partial charge in [0.05, 0.1) is 11.3 Å². The standard InChI is InChI=1S/C19H22N4O3S/c1-19(2,3)13-5-6-14-11(8-13)7-12(9-20)17(21-14)27-10-15(24)16-18(25)26-22-23(16)4/h7,13H,5-6,8,10H2,1-4H3/p+1. The number of nitrogens with zero attached hydrogens (tertiary/aromatic N) is 3. The Labute approximate surface area is 161 Å². The van der Waals surface area contributed by atoms with Crippen LogP contribution in [-0.4, -0.2) is 21.8 Å². The fraction of sp³-hybridized carbons (Fsp3) is 0.526. The molecule has 0 spiro atoms. The van der Waals surface area contributed by atoms with Crippen molar-refractivity contribution < 1.29 is 14.0 Å². The lowest BCUT2D eigenvalue weighted by Crippen LogP contribution is -2.39. The second kappa shape index (κ2) is 7.31. The van der Waals surface area contributed by atoms with Gasteiger partial charge in [-0.3, -0.25) is 9.32 Å². The van der Waals surface area contributed by atoms with Crippen LogP contribution in [0, 0.1) is 22.7 Å². The molecule has 2 aromatic rings. The van der Waals surface area contributed by atoms with Gasteiger partial charge in [0.2, 0.25) is 5.78 Å². The molecule has 3 rings (SSSR count). The number of pyridine rings is 1. The van der Waals surface area contributed by atoms with E-state index in [0.29, 0.717) is 16.5 Å². The second-order valence-electron chi connectivity index (χ2n) is 7.96. The van der Waals surface area contributed by atoms with Gasteiger partial charge in [-0.15, -0.1) is 0 Å². The van der Waals surface area contributed by atoms with E-state index in [1.807, 2.05) is 6.07 Å². The molecule has 1 unspecified atom stereocenters. The topological polar surface area (TPSA) is 104 Å². The molecule has 0 bridgehead atoms. The normalized spacial score (nSPS) is 16.6. The third-order valence-corrected chi connectivity index (χ3v) is 6.10. The van der Waals surface area contributed by atoms with Gasteiger partial charge in [-0.05, 0) is 47.5 Å². The minimum absolute atomic E-state index is 0.0154. The van der Waals surface area contributed by atoms with E-state index >= 15 is 0 Å². The van der Waals surface area contributed by atoms with Crippen molar-refractivity contribution in [3.8, 4) is 6.07 Å². The molecule has 142 valence electrons. The molecule has 1 aliphatic rings. The van der Waals surface area contributed by atoms with E-state index in [4.69, 9.17) is 0 Å². The van der Waals surface area contributed by atoms with Crippen LogP contribution in [0.15, 0.2) is 20.4 Å². The zero-order valence-corrected chi connectivity index (χ0v) is 16.8. The Morgan fingerprint density at radius 3 is 2.85 bits per heavy atom. The number of ketones is 1. The summed E-state index contributed by atoms with van der Waals surface area (Å²) < 4.78 is 5.86. The van der Waals surface area contributed by atoms with Crippen molar-refractivity contribution in [1.29, 1.82) is 5.26 Å². The molecule has 7 nitrogen and oxygen atoms in total. The monoisotopic (exact) mass is 387 g/mol. The number of thioether (sulfide) groups is 1. The molecule has 0 fully saturated rings. The Morgan fingerprint density at radius 2 is 2.26 bits per heavy atom. The molecular formula is C19H23N4O3S+. The van der Waals surface area contributed by atoms with Crippen molar-refractivity contribution in [1.82, 2.24) is 10.3 Å². The van der Waals surface area contributed by atoms with Crippen LogP contribution >= 0.6 is 11.8 Å². The smallest absolute Gasteiger partial charge is 0.286 e. The summed E-state index contributed by atoms with van der Waals surface area (Å²) in [6, 6.07) is 4.11. The molecule has 0 aliphatic heterocycles. The van der Waals surface area contributed by atoms with Gasteiger partial charge in [0, 0.05) is 5.69 Å². The van der Waals surface area contributed by atoms with Crippen molar-refractivity contribution >= 4 is 17.5 Å². The predicted molar refractivity (Wildman–Crippen MR) is 99.5 cm³/mol. The number of fused-ring (bicyclic) bond motifs is 1. The lowest BCUT2D eigenvalue weighted by molar-refractivity contribution is -0.741. The van der Waals surface area contributed by atoms with Gasteiger partial charge in [0.25, 0.3) is 0 Å². The number of nitrogens with one attached hydrogen (secondary N) is 1. The highest BCUT2D eigenvalue weighted by atomic mass is 32.2. The van der Waals surface area contributed by atoms with E-state index in [0.717, 1.165) is 30.5 Å². The highest BCUT2D eigenvalue weighted by Gasteiger charge is 2.31. The quantitative estimate of drug-likeness (QED) is 0.490. The Balaban J connectivity index is 1.81. The maximum absolute atomic E-state index is 12.3. The van der Waals surface area contributed by atoms with Gasteiger partial charge in [0.1, 0.15) is 11.1 Å². The average molecular weight is 387 g/mol. The summed E-state index contributed by atoms with van der Waals surface area (Å²) in [7, 11) is 1.53. The van der Waals surface area contributed by atoms with Crippen LogP contribution < -0.4 is 10.3 Å². The lowest BCUT2D eigenvalue weighted by atomic mass is 9.71. The van der Waals surface area contributed by atoms with Gasteiger partial charge >= 0.3 is 11.3 Å². The van der Waals surface area contributed by atoms with Crippen LogP contribution in [-0.2, 0) is 19.9 Å². The summed E-state index contributed by atoms with van der Waals surface area (Å²) >= 11 is 1.18. The number of Topliss-reactive ketones (excluding diaryl/α,β-unsaturated/α-hetero) is 1. The van der Waals surface area contributed by atoms with Crippen LogP contribution in [0.2, 0.25) is 0 Å². The van der Waals surface area contributed by atoms with E-state index in [1.165, 1.54) is 23.5 Å². The number of hydrogen-bond donors (Lipinski definition) is 1. The number of aromatic nitrogens is 3. The first kappa shape index (κ1) is 19.4. The number of H-pyrrole nitrogens is 1. The molecule has 0 aromatic carbocycles. The first-order chi connectivity index (χ1) is 12.7. The minimum atomic E-state index is -0.699. The fourth-order valence-corrected chi connectivity index (χ4v) is 4.26. The predicted octanol–water partition coefficient (Wildman–Crippen LogP) is 2.19. The SMILES string of the molecule is C[n+]1[nH]oc(=O)c1C(=O)CSc1nc2c(cc1C#N)CC(C(C)(C)C)CC2. The molecular weight excluding hydrogens is 364 g/mol. The number of nitriles is 1. The summed E-state index contributed by atoms with van der Waals surface area (Å²) in [5.41, 5.74) is 2.09. The lowest BCUT2D eigenvalue weighted by Gasteiger charge is -2.34. The van der Waals surface area contributed by atoms with Gasteiger partial charge in [-0.1, -0.05) is 37.2 Å². The third-order valence-electron chi connectivity index (χ3n) is 5.11. The van der Waals surface area contributed by atoms with E-state index < -0.39 is 5.63 Å². The highest BCUT2D eigenvalue weighted by Crippen LogP contribution is 2.38. The molecule has 2 aromatic heterocycles. The number of aryl methyl sites for hydroxylation is 2. The molecule has 0 saturated carbocycles. The zero-order valence-electron chi connectivity index (χ0n) is 16.0. The van der Waals surface area contributed by atoms with Crippen molar-refractivity contribution in [2.45, 2.75) is 45.1 Å². The third kappa shape index (κ3) is 3.98. The van der Waals surface area contributed by atoms with Crippen molar-refractivity contribution in [3.63, 3.8) is 0 Å². The van der Waals surface area contributed by atoms with Crippen LogP contribution in [0.25, 0.3) is 0 Å². The van der Waals surface area contributed by atoms with Gasteiger partial charge in [0.15, 0.2) is 7.05 Å². The maximum atomic E-state index is 12.3. The molecule has 0 amide bonds. The Bertz CT molecular complexity index is 978. The van der Waals surface area contributed by atoms with Crippen molar-refractivity contribution in [3.05, 3.63) is 39.0 Å². The summed E-state index contributed by atoms with van der Waals surface area (Å²) in [6.07, 6.45) is 2.87. The Kier molecular flexibility index (Phi) is 5.24. The van der Waals surface area contributed by atoms with Gasteiger partial charge in [-0.25, -0.2) is 9.78 Å². The Hall–Kier alpha value is -2.40. The summed E-state index contributed by atoms with van der Waals surface area (Å²) in [5, 5.41) is 12.4. The first-order valence-corrected chi connectivity index (χ1v) is 9.85. The number of carbonyl (C=O) groups is 1. The molecule has 1 aliphatic carbocycles. The fourth-order valence-electron chi connectivity index (χ4n) is 3.42. The second-order valence-corrected chi connectivity index (χ2v) is 8.93. The van der Waals surface area contributed by atoms with E-state index in [1.54, 1.807) is 0 Å². The molecule has 1 atom stereocenters. The Morgan fingerprint density at radius 1 is 1.52 bits per heavy atom. The molecule has 0 radical (unpaired) electrons. The number of rotatable bonds is 4. The molecule has 8 heteroatoms. The summed E-state index contributed by atoms with van der Waals surface area (Å²) in [5.74, 6) is 0.210. The number of hydrogen-bond acceptors (Lipinski definition) is 6. The van der Waals surface area contributed by atoms with Gasteiger partial charge in [-0.2, -0.15) is 5.26 Å². The van der Waals surface area contributed by atoms with Crippen molar-refractivity contribution in [2.75, 3.05) is 5.75 Å². The van der Waals surface area contributed by atoms with E-state index in [9.17, 15) is 14.9 Å². The summed E-state index contributed by atoms with van der Waals surface area (Å²) in [4.78, 5) is 28.6. The first-order valence-electron chi connectivity index (χ1n) is 8.87. The van der Waals surface area contributed by atoms with Crippen LogP contribution in [0.5, 0.6) is 0 Å². The van der Waals surface area contributed by atoms with E-state index in [-0.39, 0.29) is 22.6 Å². The van der Waals surface area contributed by atoms with E-state index in [2.05, 4.69) is 41.6 Å². The van der Waals surface area contributed by atoms with Gasteiger partial charge < -0.3 is 0 Å². The number of carbonyl (C=O) groups excluding carboxylic acids is 1. The molecule has 27 heavy (non-hydrogen) atoms. The minimum Gasteiger partial charge on any atom is -0.286 e. The largest absolute Gasteiger partial charge is 0.438 e. The molecule has 2 heterocycles. The number of aromatic amines is 1. The zero-order chi connectivity index (χ0) is 19.8. The average Bonchev–Trinajstić information content (AvgIpc) is 2.96.